The van der Waals surface area contributed by atoms with Gasteiger partial charge in [-0.05, 0) is 68.1 Å². The minimum Gasteiger partial charge on any atom is -0.340 e. The Morgan fingerprint density at radius 3 is 1.33 bits per heavy atom. The van der Waals surface area contributed by atoms with Crippen LogP contribution in [-0.2, 0) is 32.7 Å². The molecule has 0 unspecified atom stereocenters. The molecular weight excluding hydrogens is 329 g/mol. The Hall–Kier alpha value is 1.10. The van der Waals surface area contributed by atoms with Gasteiger partial charge in [-0.2, -0.15) is 5.92 Å². The van der Waals surface area contributed by atoms with Crippen LogP contribution >= 0.6 is 0 Å². The van der Waals surface area contributed by atoms with E-state index in [2.05, 4.69) is 6.92 Å². The maximum atomic E-state index is 7.56. The van der Waals surface area contributed by atoms with Gasteiger partial charge >= 0.3 is 0 Å². The summed E-state index contributed by atoms with van der Waals surface area (Å²) in [6, 6.07) is 0. The fourth-order valence-electron chi connectivity index (χ4n) is 5.41. The standard InChI is InChI=1S/C20H35.Y/c1-15-3-7-17(8-4-15)19-11-13-20(14-12-19)18-9-5-16(2)6-10-18;/h15-20H,1,3-14H2,2H3;/q-1;/i2T;. The van der Waals surface area contributed by atoms with Crippen molar-refractivity contribution in [2.45, 2.75) is 83.9 Å². The van der Waals surface area contributed by atoms with Crippen molar-refractivity contribution >= 4 is 0 Å². The Bertz CT molecular complexity index is 295. The average molecular weight is 366 g/mol. The minimum atomic E-state index is 0. The van der Waals surface area contributed by atoms with Gasteiger partial charge in [-0.15, -0.1) is 0 Å². The molecule has 3 fully saturated rings. The van der Waals surface area contributed by atoms with Crippen molar-refractivity contribution < 1.29 is 34.1 Å². The summed E-state index contributed by atoms with van der Waals surface area (Å²) in [6.45, 7) is 4.93. The monoisotopic (exact) mass is 366 g/mol. The second-order valence-corrected chi connectivity index (χ2v) is 8.24. The molecule has 0 atom stereocenters. The van der Waals surface area contributed by atoms with Crippen LogP contribution in [0.15, 0.2) is 0 Å². The van der Waals surface area contributed by atoms with Crippen LogP contribution in [0.2, 0.25) is 0 Å². The molecule has 0 heterocycles. The Kier molecular flexibility index (Phi) is 7.11. The molecule has 3 rings (SSSR count). The Morgan fingerprint density at radius 1 is 0.619 bits per heavy atom. The zero-order valence-electron chi connectivity index (χ0n) is 14.9. The molecule has 3 aliphatic rings. The Balaban J connectivity index is 0.00000176. The van der Waals surface area contributed by atoms with Crippen molar-refractivity contribution in [1.82, 2.24) is 0 Å². The molecule has 0 nitrogen and oxygen atoms in total. The molecule has 0 aromatic rings. The first-order chi connectivity index (χ1) is 10.3. The molecule has 0 aliphatic heterocycles. The van der Waals surface area contributed by atoms with E-state index in [-0.39, 0.29) is 32.7 Å². The van der Waals surface area contributed by atoms with E-state index in [0.717, 1.165) is 35.5 Å². The average Bonchev–Trinajstić information content (AvgIpc) is 2.56. The number of rotatable bonds is 2. The summed E-state index contributed by atoms with van der Waals surface area (Å²) in [4.78, 5) is 0. The van der Waals surface area contributed by atoms with Crippen LogP contribution in [0.4, 0.5) is 0 Å². The quantitative estimate of drug-likeness (QED) is 0.506. The van der Waals surface area contributed by atoms with E-state index >= 15 is 0 Å². The van der Waals surface area contributed by atoms with Crippen LogP contribution in [0.3, 0.4) is 0 Å². The van der Waals surface area contributed by atoms with Crippen LogP contribution in [-0.4, -0.2) is 0 Å². The summed E-state index contributed by atoms with van der Waals surface area (Å²) in [5, 5.41) is 0. The molecule has 1 radical (unpaired) electrons. The largest absolute Gasteiger partial charge is 0.340 e. The predicted molar refractivity (Wildman–Crippen MR) is 87.4 cm³/mol. The SMILES string of the molecule is [3H]CC1CCC(C2CCC(C3CCC([CH2-])CC3)CC2)CC1.[Y]. The molecule has 0 aromatic heterocycles. The van der Waals surface area contributed by atoms with Gasteiger partial charge in [0.15, 0.2) is 0 Å². The van der Waals surface area contributed by atoms with Crippen molar-refractivity contribution in [3.63, 3.8) is 0 Å². The zero-order chi connectivity index (χ0) is 14.7. The molecule has 3 aliphatic carbocycles. The predicted octanol–water partition coefficient (Wildman–Crippen LogP) is 6.26. The van der Waals surface area contributed by atoms with Gasteiger partial charge in [0.25, 0.3) is 0 Å². The molecule has 0 amide bonds. The minimum absolute atomic E-state index is 0. The first-order valence-electron chi connectivity index (χ1n) is 10.1. The Labute approximate surface area is 159 Å². The van der Waals surface area contributed by atoms with E-state index < -0.39 is 0 Å². The van der Waals surface area contributed by atoms with Crippen LogP contribution in [0.25, 0.3) is 0 Å². The van der Waals surface area contributed by atoms with Crippen molar-refractivity contribution in [1.29, 1.82) is 0 Å². The molecule has 1 heteroatoms. The fraction of sp³-hybridized carbons (Fsp3) is 0.950. The molecule has 21 heavy (non-hydrogen) atoms. The van der Waals surface area contributed by atoms with Crippen LogP contribution in [0, 0.1) is 42.4 Å². The zero-order valence-corrected chi connectivity index (χ0v) is 16.8. The van der Waals surface area contributed by atoms with Crippen molar-refractivity contribution in [3.8, 4) is 0 Å². The van der Waals surface area contributed by atoms with Crippen molar-refractivity contribution in [2.75, 3.05) is 0 Å². The summed E-state index contributed by atoms with van der Waals surface area (Å²) in [6.07, 6.45) is 17.4. The van der Waals surface area contributed by atoms with Crippen LogP contribution < -0.4 is 0 Å². The fourth-order valence-corrected chi connectivity index (χ4v) is 5.41. The third-order valence-corrected chi connectivity index (χ3v) is 6.93. The van der Waals surface area contributed by atoms with Crippen LogP contribution in [0.1, 0.15) is 85.3 Å². The summed E-state index contributed by atoms with van der Waals surface area (Å²) < 4.78 is 7.56. The number of hydrogen-bond acceptors (Lipinski definition) is 0. The number of hydrogen-bond donors (Lipinski definition) is 0. The molecule has 119 valence electrons. The van der Waals surface area contributed by atoms with Gasteiger partial charge in [-0.25, -0.2) is 0 Å². The normalized spacial score (nSPS) is 45.5. The van der Waals surface area contributed by atoms with Gasteiger partial charge in [-0.3, -0.25) is 0 Å². The molecule has 3 saturated carbocycles. The smallest absolute Gasteiger partial charge is 0.0233 e. The van der Waals surface area contributed by atoms with E-state index in [9.17, 15) is 0 Å². The summed E-state index contributed by atoms with van der Waals surface area (Å²) in [5.74, 6) is 5.64. The maximum Gasteiger partial charge on any atom is 0.0233 e. The first kappa shape index (κ1) is 16.9. The molecule has 0 bridgehead atoms. The molecule has 0 aromatic carbocycles. The first-order valence-corrected chi connectivity index (χ1v) is 9.38. The van der Waals surface area contributed by atoms with E-state index in [0.29, 0.717) is 6.90 Å². The van der Waals surface area contributed by atoms with Crippen molar-refractivity contribution in [2.24, 2.45) is 35.5 Å². The van der Waals surface area contributed by atoms with E-state index in [1.54, 1.807) is 0 Å². The molecule has 0 N–H and O–H groups in total. The van der Waals surface area contributed by atoms with Gasteiger partial charge in [0.2, 0.25) is 0 Å². The van der Waals surface area contributed by atoms with E-state index in [1.165, 1.54) is 77.0 Å². The summed E-state index contributed by atoms with van der Waals surface area (Å²) >= 11 is 0. The molecule has 0 spiro atoms. The van der Waals surface area contributed by atoms with Gasteiger partial charge in [0, 0.05) is 34.1 Å². The van der Waals surface area contributed by atoms with Crippen LogP contribution in [0.5, 0.6) is 0 Å². The van der Waals surface area contributed by atoms with E-state index in [1.807, 2.05) is 0 Å². The van der Waals surface area contributed by atoms with Gasteiger partial charge in [-0.1, -0.05) is 45.4 Å². The summed E-state index contributed by atoms with van der Waals surface area (Å²) in [7, 11) is 0. The molecular formula is C20H35Y-. The third-order valence-electron chi connectivity index (χ3n) is 6.93. The van der Waals surface area contributed by atoms with Gasteiger partial charge < -0.3 is 6.92 Å². The summed E-state index contributed by atoms with van der Waals surface area (Å²) in [5.41, 5.74) is 0. The third kappa shape index (κ3) is 5.04. The van der Waals surface area contributed by atoms with E-state index in [4.69, 9.17) is 1.37 Å². The maximum absolute atomic E-state index is 7.56. The Morgan fingerprint density at radius 2 is 0.952 bits per heavy atom. The molecule has 0 saturated heterocycles. The second kappa shape index (κ2) is 8.82. The topological polar surface area (TPSA) is 0 Å². The van der Waals surface area contributed by atoms with Gasteiger partial charge in [0.1, 0.15) is 0 Å². The second-order valence-electron chi connectivity index (χ2n) is 8.24. The van der Waals surface area contributed by atoms with Crippen molar-refractivity contribution in [3.05, 3.63) is 6.92 Å². The van der Waals surface area contributed by atoms with Gasteiger partial charge in [0.05, 0.1) is 0 Å².